The first kappa shape index (κ1) is 16.0. The molecule has 0 saturated heterocycles. The molecule has 21 heavy (non-hydrogen) atoms. The molecule has 2 N–H and O–H groups in total. The third-order valence-corrected chi connectivity index (χ3v) is 3.74. The van der Waals surface area contributed by atoms with Gasteiger partial charge >= 0.3 is 0 Å². The van der Waals surface area contributed by atoms with Gasteiger partial charge in [0, 0.05) is 18.7 Å². The molecule has 0 atom stereocenters. The molecule has 0 spiro atoms. The molecule has 1 aliphatic rings. The molecule has 1 saturated carbocycles. The van der Waals surface area contributed by atoms with Crippen LogP contribution in [0.15, 0.2) is 6.07 Å². The summed E-state index contributed by atoms with van der Waals surface area (Å²) in [7, 11) is 0. The number of halogens is 1. The lowest BCUT2D eigenvalue weighted by atomic mass is 10.2. The first-order valence-electron chi connectivity index (χ1n) is 7.26. The predicted molar refractivity (Wildman–Crippen MR) is 81.2 cm³/mol. The van der Waals surface area contributed by atoms with E-state index in [4.69, 9.17) is 22.1 Å². The Kier molecular flexibility index (Phi) is 5.76. The van der Waals surface area contributed by atoms with Crippen LogP contribution in [0.5, 0.6) is 0 Å². The summed E-state index contributed by atoms with van der Waals surface area (Å²) in [5.74, 6) is 0.796. The SMILES string of the molecule is CCOCc1nc(Cl)cc(N(CC(N)=O)C2CCCC2)n1. The van der Waals surface area contributed by atoms with E-state index in [2.05, 4.69) is 9.97 Å². The molecule has 116 valence electrons. The molecule has 1 aromatic heterocycles. The molecule has 1 heterocycles. The summed E-state index contributed by atoms with van der Waals surface area (Å²) in [6.45, 7) is 2.94. The fraction of sp³-hybridized carbons (Fsp3) is 0.643. The normalized spacial score (nSPS) is 15.3. The minimum absolute atomic E-state index is 0.145. The molecular formula is C14H21ClN4O2. The number of rotatable bonds is 7. The maximum atomic E-state index is 11.4. The highest BCUT2D eigenvalue weighted by molar-refractivity contribution is 6.29. The Balaban J connectivity index is 2.24. The highest BCUT2D eigenvalue weighted by Gasteiger charge is 2.25. The van der Waals surface area contributed by atoms with Gasteiger partial charge in [0.1, 0.15) is 17.6 Å². The number of primary amides is 1. The zero-order chi connectivity index (χ0) is 15.2. The van der Waals surface area contributed by atoms with E-state index in [-0.39, 0.29) is 18.5 Å². The number of anilines is 1. The fourth-order valence-corrected chi connectivity index (χ4v) is 2.83. The highest BCUT2D eigenvalue weighted by atomic mass is 35.5. The van der Waals surface area contributed by atoms with Gasteiger partial charge in [-0.1, -0.05) is 24.4 Å². The van der Waals surface area contributed by atoms with E-state index >= 15 is 0 Å². The molecule has 2 rings (SSSR count). The van der Waals surface area contributed by atoms with E-state index < -0.39 is 0 Å². The maximum Gasteiger partial charge on any atom is 0.237 e. The van der Waals surface area contributed by atoms with Crippen molar-refractivity contribution in [3.05, 3.63) is 17.0 Å². The summed E-state index contributed by atoms with van der Waals surface area (Å²) in [5, 5.41) is 0.349. The topological polar surface area (TPSA) is 81.3 Å². The van der Waals surface area contributed by atoms with E-state index in [0.717, 1.165) is 25.7 Å². The standard InChI is InChI=1S/C14H21ClN4O2/c1-2-21-9-13-17-11(15)7-14(18-13)19(8-12(16)20)10-5-3-4-6-10/h7,10H,2-6,8-9H2,1H3,(H2,16,20). The van der Waals surface area contributed by atoms with Gasteiger partial charge in [0.2, 0.25) is 5.91 Å². The van der Waals surface area contributed by atoms with Crippen molar-refractivity contribution in [1.82, 2.24) is 9.97 Å². The monoisotopic (exact) mass is 312 g/mol. The maximum absolute atomic E-state index is 11.4. The van der Waals surface area contributed by atoms with E-state index in [1.807, 2.05) is 11.8 Å². The summed E-state index contributed by atoms with van der Waals surface area (Å²) in [5.41, 5.74) is 5.37. The Morgan fingerprint density at radius 1 is 1.48 bits per heavy atom. The second-order valence-electron chi connectivity index (χ2n) is 5.13. The van der Waals surface area contributed by atoms with Gasteiger partial charge in [-0.3, -0.25) is 4.79 Å². The van der Waals surface area contributed by atoms with Crippen molar-refractivity contribution in [1.29, 1.82) is 0 Å². The molecule has 0 unspecified atom stereocenters. The number of carbonyl (C=O) groups is 1. The number of hydrogen-bond donors (Lipinski definition) is 1. The summed E-state index contributed by atoms with van der Waals surface area (Å²) in [6, 6.07) is 1.96. The van der Waals surface area contributed by atoms with Gasteiger partial charge < -0.3 is 15.4 Å². The quantitative estimate of drug-likeness (QED) is 0.778. The molecule has 1 fully saturated rings. The van der Waals surface area contributed by atoms with Crippen molar-refractivity contribution < 1.29 is 9.53 Å². The van der Waals surface area contributed by atoms with Crippen molar-refractivity contribution in [3.8, 4) is 0 Å². The Labute approximate surface area is 129 Å². The number of amides is 1. The van der Waals surface area contributed by atoms with Crippen LogP contribution in [-0.4, -0.2) is 35.1 Å². The number of nitrogens with zero attached hydrogens (tertiary/aromatic N) is 3. The second-order valence-corrected chi connectivity index (χ2v) is 5.52. The van der Waals surface area contributed by atoms with Crippen LogP contribution < -0.4 is 10.6 Å². The van der Waals surface area contributed by atoms with Gasteiger partial charge in [0.05, 0.1) is 6.54 Å². The molecule has 0 aliphatic heterocycles. The zero-order valence-electron chi connectivity index (χ0n) is 12.2. The molecule has 0 radical (unpaired) electrons. The molecule has 1 amide bonds. The number of aromatic nitrogens is 2. The Hall–Kier alpha value is -1.40. The summed E-state index contributed by atoms with van der Waals surface area (Å²) < 4.78 is 5.32. The van der Waals surface area contributed by atoms with Gasteiger partial charge in [-0.15, -0.1) is 0 Å². The molecule has 0 aromatic carbocycles. The number of carbonyl (C=O) groups excluding carboxylic acids is 1. The van der Waals surface area contributed by atoms with Crippen LogP contribution in [0.4, 0.5) is 5.82 Å². The highest BCUT2D eigenvalue weighted by Crippen LogP contribution is 2.28. The molecular weight excluding hydrogens is 292 g/mol. The summed E-state index contributed by atoms with van der Waals surface area (Å²) >= 11 is 6.07. The molecule has 7 heteroatoms. The van der Waals surface area contributed by atoms with Crippen molar-refractivity contribution >= 4 is 23.3 Å². The third-order valence-electron chi connectivity index (χ3n) is 3.55. The third kappa shape index (κ3) is 4.54. The number of nitrogens with two attached hydrogens (primary N) is 1. The largest absolute Gasteiger partial charge is 0.374 e. The van der Waals surface area contributed by atoms with Crippen molar-refractivity contribution in [2.75, 3.05) is 18.1 Å². The fourth-order valence-electron chi connectivity index (χ4n) is 2.64. The van der Waals surface area contributed by atoms with Crippen LogP contribution in [-0.2, 0) is 16.1 Å². The van der Waals surface area contributed by atoms with E-state index in [1.165, 1.54) is 0 Å². The minimum Gasteiger partial charge on any atom is -0.374 e. The first-order valence-corrected chi connectivity index (χ1v) is 7.64. The minimum atomic E-state index is -0.372. The Morgan fingerprint density at radius 3 is 2.81 bits per heavy atom. The van der Waals surface area contributed by atoms with E-state index in [0.29, 0.717) is 30.0 Å². The van der Waals surface area contributed by atoms with Crippen molar-refractivity contribution in [2.24, 2.45) is 5.73 Å². The first-order chi connectivity index (χ1) is 10.1. The second kappa shape index (κ2) is 7.56. The van der Waals surface area contributed by atoms with Gasteiger partial charge in [-0.2, -0.15) is 0 Å². The van der Waals surface area contributed by atoms with Crippen LogP contribution >= 0.6 is 11.6 Å². The van der Waals surface area contributed by atoms with Crippen LogP contribution in [0.2, 0.25) is 5.15 Å². The Bertz CT molecular complexity index is 492. The van der Waals surface area contributed by atoms with Gasteiger partial charge in [0.15, 0.2) is 5.82 Å². The molecule has 6 nitrogen and oxygen atoms in total. The van der Waals surface area contributed by atoms with Crippen LogP contribution in [0.25, 0.3) is 0 Å². The molecule has 1 aromatic rings. The average Bonchev–Trinajstić information content (AvgIpc) is 2.95. The lowest BCUT2D eigenvalue weighted by molar-refractivity contribution is -0.116. The Morgan fingerprint density at radius 2 is 2.19 bits per heavy atom. The molecule has 1 aliphatic carbocycles. The van der Waals surface area contributed by atoms with Crippen molar-refractivity contribution in [2.45, 2.75) is 45.3 Å². The smallest absolute Gasteiger partial charge is 0.237 e. The van der Waals surface area contributed by atoms with Crippen LogP contribution in [0.1, 0.15) is 38.4 Å². The predicted octanol–water partition coefficient (Wildman–Crippen LogP) is 1.90. The van der Waals surface area contributed by atoms with Gasteiger partial charge in [-0.05, 0) is 19.8 Å². The van der Waals surface area contributed by atoms with Gasteiger partial charge in [-0.25, -0.2) is 9.97 Å². The van der Waals surface area contributed by atoms with E-state index in [1.54, 1.807) is 6.07 Å². The average molecular weight is 313 g/mol. The van der Waals surface area contributed by atoms with Gasteiger partial charge in [0.25, 0.3) is 0 Å². The lowest BCUT2D eigenvalue weighted by Crippen LogP contribution is -2.40. The molecule has 0 bridgehead atoms. The zero-order valence-corrected chi connectivity index (χ0v) is 13.0. The van der Waals surface area contributed by atoms with E-state index in [9.17, 15) is 4.79 Å². The number of hydrogen-bond acceptors (Lipinski definition) is 5. The lowest BCUT2D eigenvalue weighted by Gasteiger charge is -2.29. The van der Waals surface area contributed by atoms with Crippen LogP contribution in [0.3, 0.4) is 0 Å². The van der Waals surface area contributed by atoms with Crippen LogP contribution in [0, 0.1) is 0 Å². The number of ether oxygens (including phenoxy) is 1. The summed E-state index contributed by atoms with van der Waals surface area (Å²) in [6.07, 6.45) is 4.39. The summed E-state index contributed by atoms with van der Waals surface area (Å²) in [4.78, 5) is 21.9. The van der Waals surface area contributed by atoms with Crippen molar-refractivity contribution in [3.63, 3.8) is 0 Å².